The fourth-order valence-electron chi connectivity index (χ4n) is 2.82. The van der Waals surface area contributed by atoms with Gasteiger partial charge in [0.2, 0.25) is 0 Å². The zero-order valence-electron chi connectivity index (χ0n) is 11.9. The lowest BCUT2D eigenvalue weighted by atomic mass is 9.99. The molecule has 0 saturated carbocycles. The Morgan fingerprint density at radius 2 is 1.42 bits per heavy atom. The van der Waals surface area contributed by atoms with Crippen LogP contribution in [0, 0.1) is 5.92 Å². The topological polar surface area (TPSA) is 35.5 Å². The number of likely N-dealkylation sites (N-methyl/N-ethyl adjacent to an activating group) is 1. The van der Waals surface area contributed by atoms with Crippen molar-refractivity contribution in [3.63, 3.8) is 0 Å². The van der Waals surface area contributed by atoms with E-state index in [1.165, 1.54) is 24.6 Å². The lowest BCUT2D eigenvalue weighted by Crippen LogP contribution is -2.45. The molecule has 5 nitrogen and oxygen atoms in total. The second-order valence-corrected chi connectivity index (χ2v) is 6.40. The molecule has 0 spiro atoms. The first-order valence-electron chi connectivity index (χ1n) is 7.25. The molecule has 0 unspecified atom stereocenters. The van der Waals surface area contributed by atoms with Gasteiger partial charge >= 0.3 is 0 Å². The van der Waals surface area contributed by atoms with E-state index in [4.69, 9.17) is 0 Å². The number of nitrogens with zero attached hydrogens (tertiary/aromatic N) is 5. The standard InChI is InChI=1S/C13H23N5S/c1-11-3-5-17(6-4-11)12-13(15-19-14-12)18-9-7-16(2)8-10-18/h11H,3-10H2,1-2H3. The van der Waals surface area contributed by atoms with E-state index in [0.29, 0.717) is 0 Å². The lowest BCUT2D eigenvalue weighted by molar-refractivity contribution is 0.312. The SMILES string of the molecule is CC1CCN(c2nsnc2N2CCN(C)CC2)CC1. The van der Waals surface area contributed by atoms with Crippen LogP contribution in [0.3, 0.4) is 0 Å². The number of aromatic nitrogens is 2. The zero-order chi connectivity index (χ0) is 13.2. The predicted octanol–water partition coefficient (Wildman–Crippen LogP) is 1.53. The second-order valence-electron chi connectivity index (χ2n) is 5.87. The van der Waals surface area contributed by atoms with E-state index in [0.717, 1.165) is 56.8 Å². The predicted molar refractivity (Wildman–Crippen MR) is 80.2 cm³/mol. The molecule has 0 amide bonds. The Hall–Kier alpha value is -0.880. The molecule has 0 bridgehead atoms. The van der Waals surface area contributed by atoms with Crippen LogP contribution in [0.25, 0.3) is 0 Å². The van der Waals surface area contributed by atoms with Crippen molar-refractivity contribution >= 4 is 23.4 Å². The monoisotopic (exact) mass is 281 g/mol. The highest BCUT2D eigenvalue weighted by atomic mass is 32.1. The molecular formula is C13H23N5S. The molecule has 2 aliphatic heterocycles. The number of hydrogen-bond donors (Lipinski definition) is 0. The summed E-state index contributed by atoms with van der Waals surface area (Å²) in [6.07, 6.45) is 2.55. The molecule has 0 atom stereocenters. The van der Waals surface area contributed by atoms with Gasteiger partial charge in [-0.1, -0.05) is 6.92 Å². The van der Waals surface area contributed by atoms with Gasteiger partial charge in [0.05, 0.1) is 11.7 Å². The summed E-state index contributed by atoms with van der Waals surface area (Å²) >= 11 is 1.36. The lowest BCUT2D eigenvalue weighted by Gasteiger charge is -2.35. The van der Waals surface area contributed by atoms with Crippen LogP contribution in [0.5, 0.6) is 0 Å². The first-order chi connectivity index (χ1) is 9.24. The third kappa shape index (κ3) is 2.84. The minimum Gasteiger partial charge on any atom is -0.353 e. The Balaban J connectivity index is 1.71. The van der Waals surface area contributed by atoms with Crippen molar-refractivity contribution in [2.75, 3.05) is 56.1 Å². The van der Waals surface area contributed by atoms with E-state index < -0.39 is 0 Å². The molecule has 2 fully saturated rings. The molecule has 3 rings (SSSR count). The van der Waals surface area contributed by atoms with E-state index in [1.807, 2.05) is 0 Å². The maximum atomic E-state index is 4.56. The molecule has 1 aromatic heterocycles. The highest BCUT2D eigenvalue weighted by molar-refractivity contribution is 6.99. The Bertz CT molecular complexity index is 368. The molecule has 1 aromatic rings. The van der Waals surface area contributed by atoms with E-state index >= 15 is 0 Å². The van der Waals surface area contributed by atoms with Crippen molar-refractivity contribution in [3.05, 3.63) is 0 Å². The molecule has 0 aromatic carbocycles. The number of piperidine rings is 1. The fraction of sp³-hybridized carbons (Fsp3) is 0.846. The summed E-state index contributed by atoms with van der Waals surface area (Å²) in [6.45, 7) is 8.99. The summed E-state index contributed by atoms with van der Waals surface area (Å²) in [5.41, 5.74) is 0. The van der Waals surface area contributed by atoms with Crippen LogP contribution in [0.2, 0.25) is 0 Å². The summed E-state index contributed by atoms with van der Waals surface area (Å²) in [7, 11) is 2.18. The smallest absolute Gasteiger partial charge is 0.187 e. The van der Waals surface area contributed by atoms with Gasteiger partial charge in [-0.3, -0.25) is 0 Å². The quantitative estimate of drug-likeness (QED) is 0.821. The van der Waals surface area contributed by atoms with Crippen molar-refractivity contribution in [3.8, 4) is 0 Å². The average molecular weight is 281 g/mol. The number of hydrogen-bond acceptors (Lipinski definition) is 6. The number of anilines is 2. The van der Waals surface area contributed by atoms with Crippen LogP contribution in [-0.2, 0) is 0 Å². The maximum absolute atomic E-state index is 4.56. The zero-order valence-corrected chi connectivity index (χ0v) is 12.7. The molecular weight excluding hydrogens is 258 g/mol. The summed E-state index contributed by atoms with van der Waals surface area (Å²) in [6, 6.07) is 0. The summed E-state index contributed by atoms with van der Waals surface area (Å²) in [5, 5.41) is 0. The van der Waals surface area contributed by atoms with Crippen LogP contribution in [0.15, 0.2) is 0 Å². The van der Waals surface area contributed by atoms with Gasteiger partial charge in [-0.2, -0.15) is 8.75 Å². The van der Waals surface area contributed by atoms with E-state index in [-0.39, 0.29) is 0 Å². The Morgan fingerprint density at radius 3 is 2.00 bits per heavy atom. The minimum absolute atomic E-state index is 0.856. The van der Waals surface area contributed by atoms with Gasteiger partial charge in [0.1, 0.15) is 0 Å². The summed E-state index contributed by atoms with van der Waals surface area (Å²) < 4.78 is 9.12. The van der Waals surface area contributed by atoms with Crippen molar-refractivity contribution in [1.82, 2.24) is 13.6 Å². The summed E-state index contributed by atoms with van der Waals surface area (Å²) in [5.74, 6) is 3.10. The van der Waals surface area contributed by atoms with Gasteiger partial charge in [-0.15, -0.1) is 0 Å². The van der Waals surface area contributed by atoms with Crippen molar-refractivity contribution in [1.29, 1.82) is 0 Å². The van der Waals surface area contributed by atoms with Crippen LogP contribution < -0.4 is 9.80 Å². The summed E-state index contributed by atoms with van der Waals surface area (Å²) in [4.78, 5) is 7.20. The Kier molecular flexibility index (Phi) is 3.88. The Morgan fingerprint density at radius 1 is 0.895 bits per heavy atom. The van der Waals surface area contributed by atoms with Gasteiger partial charge in [-0.05, 0) is 25.8 Å². The number of piperazine rings is 1. The first kappa shape index (κ1) is 13.1. The molecule has 6 heteroatoms. The van der Waals surface area contributed by atoms with E-state index in [1.54, 1.807) is 0 Å². The normalized spacial score (nSPS) is 23.1. The fourth-order valence-corrected chi connectivity index (χ4v) is 3.41. The molecule has 106 valence electrons. The van der Waals surface area contributed by atoms with Gasteiger partial charge in [0.25, 0.3) is 0 Å². The maximum Gasteiger partial charge on any atom is 0.187 e. The Labute approximate surface area is 119 Å². The molecule has 2 aliphatic rings. The number of rotatable bonds is 2. The first-order valence-corrected chi connectivity index (χ1v) is 7.98. The molecule has 0 radical (unpaired) electrons. The minimum atomic E-state index is 0.856. The third-order valence-corrected chi connectivity index (χ3v) is 4.85. The van der Waals surface area contributed by atoms with Crippen LogP contribution >= 0.6 is 11.7 Å². The largest absolute Gasteiger partial charge is 0.353 e. The molecule has 0 aliphatic carbocycles. The molecule has 2 saturated heterocycles. The molecule has 3 heterocycles. The molecule has 0 N–H and O–H groups in total. The third-order valence-electron chi connectivity index (χ3n) is 4.34. The van der Waals surface area contributed by atoms with Crippen molar-refractivity contribution in [2.24, 2.45) is 5.92 Å². The van der Waals surface area contributed by atoms with Crippen molar-refractivity contribution < 1.29 is 0 Å². The van der Waals surface area contributed by atoms with E-state index in [9.17, 15) is 0 Å². The van der Waals surface area contributed by atoms with Gasteiger partial charge in [0.15, 0.2) is 11.6 Å². The van der Waals surface area contributed by atoms with Gasteiger partial charge in [-0.25, -0.2) is 0 Å². The second kappa shape index (κ2) is 5.63. The molecule has 19 heavy (non-hydrogen) atoms. The van der Waals surface area contributed by atoms with Crippen LogP contribution in [0.4, 0.5) is 11.6 Å². The van der Waals surface area contributed by atoms with Gasteiger partial charge < -0.3 is 14.7 Å². The van der Waals surface area contributed by atoms with Crippen LogP contribution in [0.1, 0.15) is 19.8 Å². The van der Waals surface area contributed by atoms with Gasteiger partial charge in [0, 0.05) is 39.3 Å². The van der Waals surface area contributed by atoms with E-state index in [2.05, 4.69) is 37.4 Å². The highest BCUT2D eigenvalue weighted by Crippen LogP contribution is 2.30. The average Bonchev–Trinajstić information content (AvgIpc) is 2.90. The van der Waals surface area contributed by atoms with Crippen molar-refractivity contribution in [2.45, 2.75) is 19.8 Å². The highest BCUT2D eigenvalue weighted by Gasteiger charge is 2.25. The van der Waals surface area contributed by atoms with Crippen LogP contribution in [-0.4, -0.2) is 60.0 Å².